The van der Waals surface area contributed by atoms with Crippen LogP contribution in [0, 0.1) is 10.1 Å². The Morgan fingerprint density at radius 1 is 1.31 bits per heavy atom. The van der Waals surface area contributed by atoms with Crippen LogP contribution >= 0.6 is 40.7 Å². The monoisotopic (exact) mass is 483 g/mol. The minimum atomic E-state index is -4.33. The van der Waals surface area contributed by atoms with Gasteiger partial charge in [0.25, 0.3) is 5.69 Å². The predicted octanol–water partition coefficient (Wildman–Crippen LogP) is 4.20. The van der Waals surface area contributed by atoms with E-state index in [0.717, 1.165) is 12.1 Å². The summed E-state index contributed by atoms with van der Waals surface area (Å²) in [6.45, 7) is 2.23. The van der Waals surface area contributed by atoms with Crippen molar-refractivity contribution in [1.82, 2.24) is 10.2 Å². The lowest BCUT2D eigenvalue weighted by atomic mass is 9.97. The second-order valence-corrected chi connectivity index (χ2v) is 6.43. The highest BCUT2D eigenvalue weighted by molar-refractivity contribution is 9.10. The van der Waals surface area contributed by atoms with Crippen LogP contribution in [-0.2, 0) is 0 Å². The summed E-state index contributed by atoms with van der Waals surface area (Å²) in [5.41, 5.74) is -0.135. The molecule has 0 aliphatic carbocycles. The Balaban J connectivity index is 0.00000312. The smallest absolute Gasteiger partial charge is 0.389 e. The van der Waals surface area contributed by atoms with E-state index in [4.69, 9.17) is 0 Å². The molecule has 0 bridgehead atoms. The molecule has 6 nitrogen and oxygen atoms in total. The summed E-state index contributed by atoms with van der Waals surface area (Å²) in [4.78, 5) is 12.2. The molecule has 12 heteroatoms. The predicted molar refractivity (Wildman–Crippen MR) is 99.4 cm³/mol. The van der Waals surface area contributed by atoms with Crippen molar-refractivity contribution in [2.24, 2.45) is 0 Å². The van der Waals surface area contributed by atoms with E-state index in [2.05, 4.69) is 21.2 Å². The maximum absolute atomic E-state index is 12.7. The first-order valence-corrected chi connectivity index (χ1v) is 8.16. The highest BCUT2D eigenvalue weighted by Gasteiger charge is 2.33. The van der Waals surface area contributed by atoms with E-state index in [1.54, 1.807) is 0 Å². The number of aromatic hydroxyl groups is 1. The van der Waals surface area contributed by atoms with Crippen LogP contribution in [0.4, 0.5) is 18.9 Å². The quantitative estimate of drug-likeness (QED) is 0.483. The van der Waals surface area contributed by atoms with Crippen molar-refractivity contribution >= 4 is 46.4 Å². The number of nitro benzene ring substituents is 1. The summed E-state index contributed by atoms with van der Waals surface area (Å²) in [6.07, 6.45) is -5.63. The SMILES string of the molecule is Cl.Cl.O=[N+]([O-])c1cc(Br)c(O)c([C@H](CCC(F)(F)F)N2CCNCC2)c1. The van der Waals surface area contributed by atoms with Crippen LogP contribution in [0.25, 0.3) is 0 Å². The van der Waals surface area contributed by atoms with Crippen LogP contribution in [0.3, 0.4) is 0 Å². The molecule has 1 aliphatic rings. The first-order chi connectivity index (χ1) is 11.2. The molecular weight excluding hydrogens is 466 g/mol. The van der Waals surface area contributed by atoms with E-state index < -0.39 is 23.6 Å². The third kappa shape index (κ3) is 6.73. The van der Waals surface area contributed by atoms with Crippen LogP contribution in [0.15, 0.2) is 16.6 Å². The lowest BCUT2D eigenvalue weighted by molar-refractivity contribution is -0.385. The number of phenolic OH excluding ortho intramolecular Hbond substituents is 1. The highest BCUT2D eigenvalue weighted by Crippen LogP contribution is 2.41. The maximum atomic E-state index is 12.7. The number of non-ortho nitro benzene ring substituents is 1. The van der Waals surface area contributed by atoms with Crippen LogP contribution in [0.1, 0.15) is 24.4 Å². The molecule has 0 spiro atoms. The molecule has 150 valence electrons. The Bertz CT molecular complexity index is 617. The third-order valence-electron chi connectivity index (χ3n) is 3.94. The number of nitrogens with one attached hydrogen (secondary N) is 1. The molecule has 1 aromatic carbocycles. The summed E-state index contributed by atoms with van der Waals surface area (Å²) in [7, 11) is 0. The van der Waals surface area contributed by atoms with Crippen LogP contribution in [0.5, 0.6) is 5.75 Å². The molecule has 0 unspecified atom stereocenters. The van der Waals surface area contributed by atoms with E-state index in [1.165, 1.54) is 0 Å². The van der Waals surface area contributed by atoms with Gasteiger partial charge in [0.05, 0.1) is 9.40 Å². The number of piperazine rings is 1. The summed E-state index contributed by atoms with van der Waals surface area (Å²) in [6, 6.07) is 1.55. The lowest BCUT2D eigenvalue weighted by Gasteiger charge is -2.35. The zero-order valence-electron chi connectivity index (χ0n) is 13.5. The third-order valence-corrected chi connectivity index (χ3v) is 4.55. The highest BCUT2D eigenvalue weighted by atomic mass is 79.9. The number of phenols is 1. The minimum Gasteiger partial charge on any atom is -0.506 e. The first kappa shape index (κ1) is 25.2. The van der Waals surface area contributed by atoms with E-state index in [9.17, 15) is 28.4 Å². The molecule has 0 aromatic heterocycles. The Labute approximate surface area is 169 Å². The molecule has 0 saturated carbocycles. The van der Waals surface area contributed by atoms with Crippen molar-refractivity contribution in [2.75, 3.05) is 26.2 Å². The van der Waals surface area contributed by atoms with Crippen LogP contribution in [0.2, 0.25) is 0 Å². The van der Waals surface area contributed by atoms with Gasteiger partial charge in [0.15, 0.2) is 0 Å². The van der Waals surface area contributed by atoms with E-state index in [-0.39, 0.29) is 52.7 Å². The number of halogens is 6. The van der Waals surface area contributed by atoms with Gasteiger partial charge in [-0.25, -0.2) is 0 Å². The zero-order chi connectivity index (χ0) is 17.9. The van der Waals surface area contributed by atoms with Crippen molar-refractivity contribution < 1.29 is 23.2 Å². The second kappa shape index (κ2) is 10.5. The minimum absolute atomic E-state index is 0. The van der Waals surface area contributed by atoms with Gasteiger partial charge in [0, 0.05) is 56.3 Å². The van der Waals surface area contributed by atoms with E-state index in [0.29, 0.717) is 26.2 Å². The van der Waals surface area contributed by atoms with Gasteiger partial charge >= 0.3 is 6.18 Å². The Morgan fingerprint density at radius 2 is 1.88 bits per heavy atom. The molecule has 0 amide bonds. The molecule has 2 rings (SSSR count). The number of hydrogen-bond acceptors (Lipinski definition) is 5. The molecule has 1 fully saturated rings. The molecular formula is C14H19BrCl2F3N3O3. The lowest BCUT2D eigenvalue weighted by Crippen LogP contribution is -2.45. The fraction of sp³-hybridized carbons (Fsp3) is 0.571. The van der Waals surface area contributed by atoms with E-state index in [1.807, 2.05) is 4.90 Å². The zero-order valence-corrected chi connectivity index (χ0v) is 16.7. The largest absolute Gasteiger partial charge is 0.506 e. The van der Waals surface area contributed by atoms with Gasteiger partial charge in [-0.2, -0.15) is 13.2 Å². The molecule has 1 aliphatic heterocycles. The Kier molecular flexibility index (Phi) is 10.2. The van der Waals surface area contributed by atoms with Crippen molar-refractivity contribution in [2.45, 2.75) is 25.1 Å². The van der Waals surface area contributed by atoms with Crippen molar-refractivity contribution in [3.05, 3.63) is 32.3 Å². The van der Waals surface area contributed by atoms with Gasteiger partial charge < -0.3 is 10.4 Å². The van der Waals surface area contributed by atoms with Crippen molar-refractivity contribution in [3.8, 4) is 5.75 Å². The molecule has 2 N–H and O–H groups in total. The number of hydrogen-bond donors (Lipinski definition) is 2. The van der Waals surface area contributed by atoms with Crippen molar-refractivity contribution in [1.29, 1.82) is 0 Å². The second-order valence-electron chi connectivity index (χ2n) is 5.58. The van der Waals surface area contributed by atoms with E-state index >= 15 is 0 Å². The molecule has 0 radical (unpaired) electrons. The molecule has 1 aromatic rings. The topological polar surface area (TPSA) is 78.6 Å². The van der Waals surface area contributed by atoms with Gasteiger partial charge in [-0.3, -0.25) is 15.0 Å². The molecule has 26 heavy (non-hydrogen) atoms. The van der Waals surface area contributed by atoms with Gasteiger partial charge in [0.2, 0.25) is 0 Å². The fourth-order valence-electron chi connectivity index (χ4n) is 2.79. The first-order valence-electron chi connectivity index (χ1n) is 7.37. The Hall–Kier alpha value is -0.810. The molecule has 1 saturated heterocycles. The number of alkyl halides is 3. The Morgan fingerprint density at radius 3 is 2.38 bits per heavy atom. The summed E-state index contributed by atoms with van der Waals surface area (Å²) in [5.74, 6) is -0.258. The maximum Gasteiger partial charge on any atom is 0.389 e. The molecule has 1 atom stereocenters. The normalized spacial score (nSPS) is 16.3. The number of nitrogens with zero attached hydrogens (tertiary/aromatic N) is 2. The number of nitro groups is 1. The summed E-state index contributed by atoms with van der Waals surface area (Å²) < 4.78 is 38.1. The number of benzene rings is 1. The standard InChI is InChI=1S/C14H17BrF3N3O3.2ClH/c15-11-8-9(21(23)24)7-10(13(11)22)12(1-2-14(16,17)18)20-5-3-19-4-6-20;;/h7-8,12,19,22H,1-6H2;2*1H/t12-;;/m0../s1. The molecule has 1 heterocycles. The van der Waals surface area contributed by atoms with Gasteiger partial charge in [-0.1, -0.05) is 0 Å². The summed E-state index contributed by atoms with van der Waals surface area (Å²) in [5, 5.41) is 24.4. The average molecular weight is 485 g/mol. The van der Waals surface area contributed by atoms with Gasteiger partial charge in [-0.15, -0.1) is 24.8 Å². The van der Waals surface area contributed by atoms with Crippen molar-refractivity contribution in [3.63, 3.8) is 0 Å². The van der Waals surface area contributed by atoms with Crippen LogP contribution < -0.4 is 5.32 Å². The number of rotatable bonds is 5. The summed E-state index contributed by atoms with van der Waals surface area (Å²) >= 11 is 3.04. The fourth-order valence-corrected chi connectivity index (χ4v) is 3.26. The average Bonchev–Trinajstić information content (AvgIpc) is 2.51. The van der Waals surface area contributed by atoms with Gasteiger partial charge in [-0.05, 0) is 22.4 Å². The van der Waals surface area contributed by atoms with Crippen LogP contribution in [-0.4, -0.2) is 47.3 Å². The van der Waals surface area contributed by atoms with Gasteiger partial charge in [0.1, 0.15) is 5.75 Å².